The molecule has 98 valence electrons. The van der Waals surface area contributed by atoms with Gasteiger partial charge in [-0.25, -0.2) is 0 Å². The summed E-state index contributed by atoms with van der Waals surface area (Å²) >= 11 is 0. The lowest BCUT2D eigenvalue weighted by Gasteiger charge is -2.27. The second kappa shape index (κ2) is 6.01. The number of aliphatic carboxylic acids is 1. The van der Waals surface area contributed by atoms with E-state index >= 15 is 0 Å². The maximum atomic E-state index is 11.0. The lowest BCUT2D eigenvalue weighted by molar-refractivity contribution is -0.143. The predicted octanol–water partition coefficient (Wildman–Crippen LogP) is 2.73. The summed E-state index contributed by atoms with van der Waals surface area (Å²) in [5, 5.41) is 12.5. The van der Waals surface area contributed by atoms with Crippen LogP contribution in [0.25, 0.3) is 0 Å². The molecule has 2 N–H and O–H groups in total. The molecule has 2 atom stereocenters. The normalized spacial score (nSPS) is 23.8. The van der Waals surface area contributed by atoms with Gasteiger partial charge in [0.25, 0.3) is 0 Å². The molecule has 0 heterocycles. The van der Waals surface area contributed by atoms with Gasteiger partial charge in [0.2, 0.25) is 0 Å². The van der Waals surface area contributed by atoms with E-state index in [9.17, 15) is 4.79 Å². The number of carboxylic acids is 1. The first-order valence-corrected chi connectivity index (χ1v) is 6.67. The van der Waals surface area contributed by atoms with Crippen LogP contribution >= 0.6 is 0 Å². The van der Waals surface area contributed by atoms with Crippen LogP contribution in [-0.2, 0) is 11.3 Å². The highest BCUT2D eigenvalue weighted by atomic mass is 16.4. The summed E-state index contributed by atoms with van der Waals surface area (Å²) < 4.78 is 0. The molecular weight excluding hydrogens is 226 g/mol. The lowest BCUT2D eigenvalue weighted by Crippen LogP contribution is -2.36. The zero-order valence-corrected chi connectivity index (χ0v) is 10.9. The van der Waals surface area contributed by atoms with E-state index in [-0.39, 0.29) is 5.92 Å². The molecule has 0 aromatic heterocycles. The summed E-state index contributed by atoms with van der Waals surface area (Å²) in [4.78, 5) is 11.0. The fraction of sp³-hybridized carbons (Fsp3) is 0.533. The second-order valence-corrected chi connectivity index (χ2v) is 5.27. The Morgan fingerprint density at radius 3 is 3.00 bits per heavy atom. The van der Waals surface area contributed by atoms with Crippen LogP contribution in [0.2, 0.25) is 0 Å². The van der Waals surface area contributed by atoms with E-state index in [0.717, 1.165) is 32.2 Å². The van der Waals surface area contributed by atoms with Crippen molar-refractivity contribution in [3.8, 4) is 0 Å². The average Bonchev–Trinajstić information content (AvgIpc) is 2.37. The van der Waals surface area contributed by atoms with Crippen molar-refractivity contribution in [2.75, 3.05) is 0 Å². The summed E-state index contributed by atoms with van der Waals surface area (Å²) in [6.07, 6.45) is 3.71. The smallest absolute Gasteiger partial charge is 0.306 e. The van der Waals surface area contributed by atoms with Gasteiger partial charge in [0.1, 0.15) is 0 Å². The molecule has 1 aromatic carbocycles. The van der Waals surface area contributed by atoms with Gasteiger partial charge in [-0.1, -0.05) is 36.2 Å². The molecule has 0 aliphatic heterocycles. The molecule has 3 heteroatoms. The number of aryl methyl sites for hydroxylation is 1. The Kier molecular flexibility index (Phi) is 4.37. The molecule has 0 amide bonds. The molecule has 0 spiro atoms. The summed E-state index contributed by atoms with van der Waals surface area (Å²) in [6.45, 7) is 2.92. The third-order valence-corrected chi connectivity index (χ3v) is 3.70. The number of carboxylic acid groups (broad SMARTS) is 1. The van der Waals surface area contributed by atoms with Gasteiger partial charge in [-0.15, -0.1) is 0 Å². The van der Waals surface area contributed by atoms with Crippen LogP contribution in [0.1, 0.15) is 36.8 Å². The van der Waals surface area contributed by atoms with Crippen LogP contribution in [0.5, 0.6) is 0 Å². The Morgan fingerprint density at radius 1 is 1.44 bits per heavy atom. The van der Waals surface area contributed by atoms with Gasteiger partial charge in [-0.05, 0) is 31.7 Å². The molecule has 0 bridgehead atoms. The van der Waals surface area contributed by atoms with E-state index in [0.29, 0.717) is 6.04 Å². The minimum absolute atomic E-state index is 0.159. The Labute approximate surface area is 108 Å². The molecule has 1 saturated carbocycles. The Bertz CT molecular complexity index is 417. The molecule has 2 rings (SSSR count). The monoisotopic (exact) mass is 247 g/mol. The first kappa shape index (κ1) is 13.1. The van der Waals surface area contributed by atoms with Crippen molar-refractivity contribution in [1.82, 2.24) is 5.32 Å². The average molecular weight is 247 g/mol. The molecular formula is C15H21NO2. The quantitative estimate of drug-likeness (QED) is 0.860. The van der Waals surface area contributed by atoms with E-state index in [4.69, 9.17) is 5.11 Å². The summed E-state index contributed by atoms with van der Waals surface area (Å²) in [5.41, 5.74) is 2.54. The van der Waals surface area contributed by atoms with Gasteiger partial charge in [-0.3, -0.25) is 4.79 Å². The highest BCUT2D eigenvalue weighted by molar-refractivity contribution is 5.70. The molecule has 3 nitrogen and oxygen atoms in total. The number of nitrogens with one attached hydrogen (secondary N) is 1. The van der Waals surface area contributed by atoms with Gasteiger partial charge in [-0.2, -0.15) is 0 Å². The first-order chi connectivity index (χ1) is 8.65. The predicted molar refractivity (Wildman–Crippen MR) is 71.4 cm³/mol. The lowest BCUT2D eigenvalue weighted by atomic mass is 9.86. The maximum absolute atomic E-state index is 11.0. The zero-order chi connectivity index (χ0) is 13.0. The van der Waals surface area contributed by atoms with Crippen molar-refractivity contribution in [3.05, 3.63) is 35.4 Å². The first-order valence-electron chi connectivity index (χ1n) is 6.67. The van der Waals surface area contributed by atoms with Gasteiger partial charge in [0.05, 0.1) is 5.92 Å². The SMILES string of the molecule is Cc1cccc(CNC2CCCC(C(=O)O)C2)c1. The van der Waals surface area contributed by atoms with Crippen LogP contribution < -0.4 is 5.32 Å². The molecule has 1 aliphatic rings. The minimum atomic E-state index is -0.642. The third-order valence-electron chi connectivity index (χ3n) is 3.70. The van der Waals surface area contributed by atoms with E-state index in [1.54, 1.807) is 0 Å². The molecule has 0 radical (unpaired) electrons. The minimum Gasteiger partial charge on any atom is -0.481 e. The molecule has 1 aliphatic carbocycles. The fourth-order valence-electron chi connectivity index (χ4n) is 2.68. The molecule has 1 aromatic rings. The van der Waals surface area contributed by atoms with E-state index < -0.39 is 5.97 Å². The summed E-state index contributed by atoms with van der Waals surface area (Å²) in [6, 6.07) is 8.78. The highest BCUT2D eigenvalue weighted by Crippen LogP contribution is 2.24. The molecule has 1 fully saturated rings. The second-order valence-electron chi connectivity index (χ2n) is 5.27. The Morgan fingerprint density at radius 2 is 2.28 bits per heavy atom. The van der Waals surface area contributed by atoms with Crippen molar-refractivity contribution in [1.29, 1.82) is 0 Å². The van der Waals surface area contributed by atoms with Crippen molar-refractivity contribution < 1.29 is 9.90 Å². The summed E-state index contributed by atoms with van der Waals surface area (Å²) in [5.74, 6) is -0.800. The van der Waals surface area contributed by atoms with Gasteiger partial charge in [0, 0.05) is 12.6 Å². The van der Waals surface area contributed by atoms with E-state index in [2.05, 4.69) is 36.5 Å². The zero-order valence-electron chi connectivity index (χ0n) is 10.9. The number of hydrogen-bond acceptors (Lipinski definition) is 2. The Balaban J connectivity index is 1.84. The standard InChI is InChI=1S/C15H21NO2/c1-11-4-2-5-12(8-11)10-16-14-7-3-6-13(9-14)15(17)18/h2,4-5,8,13-14,16H,3,6-7,9-10H2,1H3,(H,17,18). The van der Waals surface area contributed by atoms with Crippen LogP contribution in [0.4, 0.5) is 0 Å². The highest BCUT2D eigenvalue weighted by Gasteiger charge is 2.26. The number of carbonyl (C=O) groups is 1. The topological polar surface area (TPSA) is 49.3 Å². The molecule has 0 saturated heterocycles. The maximum Gasteiger partial charge on any atom is 0.306 e. The van der Waals surface area contributed by atoms with E-state index in [1.165, 1.54) is 11.1 Å². The van der Waals surface area contributed by atoms with Crippen LogP contribution in [0.15, 0.2) is 24.3 Å². The third kappa shape index (κ3) is 3.57. The van der Waals surface area contributed by atoms with E-state index in [1.807, 2.05) is 0 Å². The Hall–Kier alpha value is -1.35. The fourth-order valence-corrected chi connectivity index (χ4v) is 2.68. The largest absolute Gasteiger partial charge is 0.481 e. The van der Waals surface area contributed by atoms with Crippen LogP contribution in [0, 0.1) is 12.8 Å². The molecule has 18 heavy (non-hydrogen) atoms. The van der Waals surface area contributed by atoms with Gasteiger partial charge < -0.3 is 10.4 Å². The van der Waals surface area contributed by atoms with Crippen LogP contribution in [-0.4, -0.2) is 17.1 Å². The van der Waals surface area contributed by atoms with Gasteiger partial charge >= 0.3 is 5.97 Å². The van der Waals surface area contributed by atoms with Crippen molar-refractivity contribution in [3.63, 3.8) is 0 Å². The van der Waals surface area contributed by atoms with Gasteiger partial charge in [0.15, 0.2) is 0 Å². The molecule has 2 unspecified atom stereocenters. The van der Waals surface area contributed by atoms with Crippen molar-refractivity contribution >= 4 is 5.97 Å². The number of hydrogen-bond donors (Lipinski definition) is 2. The number of rotatable bonds is 4. The van der Waals surface area contributed by atoms with Crippen molar-refractivity contribution in [2.24, 2.45) is 5.92 Å². The van der Waals surface area contributed by atoms with Crippen molar-refractivity contribution in [2.45, 2.75) is 45.2 Å². The number of benzene rings is 1. The van der Waals surface area contributed by atoms with Crippen LogP contribution in [0.3, 0.4) is 0 Å². The summed E-state index contributed by atoms with van der Waals surface area (Å²) in [7, 11) is 0.